The van der Waals surface area contributed by atoms with E-state index < -0.39 is 17.8 Å². The third-order valence-corrected chi connectivity index (χ3v) is 7.20. The van der Waals surface area contributed by atoms with Gasteiger partial charge in [-0.3, -0.25) is 14.9 Å². The Morgan fingerprint density at radius 3 is 2.34 bits per heavy atom. The zero-order valence-electron chi connectivity index (χ0n) is 22.5. The van der Waals surface area contributed by atoms with E-state index in [-0.39, 0.29) is 5.57 Å². The summed E-state index contributed by atoms with van der Waals surface area (Å²) >= 11 is 2.15. The predicted octanol–water partition coefficient (Wildman–Crippen LogP) is 6.49. The van der Waals surface area contributed by atoms with Crippen LogP contribution in [0, 0.1) is 3.57 Å². The molecular weight excluding hydrogens is 635 g/mol. The zero-order chi connectivity index (χ0) is 28.9. The van der Waals surface area contributed by atoms with Gasteiger partial charge in [-0.1, -0.05) is 42.5 Å². The lowest BCUT2D eigenvalue weighted by atomic mass is 10.1. The van der Waals surface area contributed by atoms with Gasteiger partial charge in [-0.25, -0.2) is 9.69 Å². The lowest BCUT2D eigenvalue weighted by Gasteiger charge is -2.26. The summed E-state index contributed by atoms with van der Waals surface area (Å²) in [4.78, 5) is 39.7. The van der Waals surface area contributed by atoms with Crippen molar-refractivity contribution in [3.05, 3.63) is 99.1 Å². The van der Waals surface area contributed by atoms with Gasteiger partial charge < -0.3 is 14.2 Å². The first-order chi connectivity index (χ1) is 19.9. The second-order valence-electron chi connectivity index (χ2n) is 9.07. The van der Waals surface area contributed by atoms with Gasteiger partial charge in [0.25, 0.3) is 11.8 Å². The molecule has 208 valence electrons. The normalized spacial score (nSPS) is 14.4. The number of hydrogen-bond acceptors (Lipinski definition) is 6. The minimum Gasteiger partial charge on any atom is -0.494 e. The van der Waals surface area contributed by atoms with Gasteiger partial charge in [0, 0.05) is 0 Å². The van der Waals surface area contributed by atoms with Gasteiger partial charge in [-0.05, 0) is 101 Å². The number of ether oxygens (including phenoxy) is 3. The number of urea groups is 1. The van der Waals surface area contributed by atoms with Crippen molar-refractivity contribution < 1.29 is 28.6 Å². The van der Waals surface area contributed by atoms with Crippen molar-refractivity contribution in [2.75, 3.05) is 18.1 Å². The molecular formula is C32H27IN2O6. The molecule has 0 unspecified atom stereocenters. The largest absolute Gasteiger partial charge is 0.494 e. The van der Waals surface area contributed by atoms with Crippen LogP contribution in [0.25, 0.3) is 16.8 Å². The van der Waals surface area contributed by atoms with Crippen LogP contribution >= 0.6 is 22.6 Å². The van der Waals surface area contributed by atoms with Crippen molar-refractivity contribution in [2.45, 2.75) is 20.5 Å². The fraction of sp³-hybridized carbons (Fsp3) is 0.156. The summed E-state index contributed by atoms with van der Waals surface area (Å²) in [5.41, 5.74) is 1.73. The molecule has 1 heterocycles. The Labute approximate surface area is 251 Å². The number of hydrogen-bond donors (Lipinski definition) is 1. The molecule has 0 bridgehead atoms. The summed E-state index contributed by atoms with van der Waals surface area (Å²) in [6.45, 7) is 4.93. The van der Waals surface area contributed by atoms with Crippen LogP contribution in [-0.4, -0.2) is 31.1 Å². The topological polar surface area (TPSA) is 94.2 Å². The van der Waals surface area contributed by atoms with E-state index in [4.69, 9.17) is 14.2 Å². The van der Waals surface area contributed by atoms with Crippen molar-refractivity contribution in [3.63, 3.8) is 0 Å². The summed E-state index contributed by atoms with van der Waals surface area (Å²) < 4.78 is 18.3. The number of nitrogens with one attached hydrogen (secondary N) is 1. The molecule has 1 N–H and O–H groups in total. The van der Waals surface area contributed by atoms with E-state index in [2.05, 4.69) is 46.1 Å². The molecule has 0 saturated carbocycles. The van der Waals surface area contributed by atoms with Gasteiger partial charge in [-0.2, -0.15) is 0 Å². The summed E-state index contributed by atoms with van der Waals surface area (Å²) in [7, 11) is 0. The number of carbonyl (C=O) groups excluding carboxylic acids is 3. The molecule has 0 atom stereocenters. The van der Waals surface area contributed by atoms with Gasteiger partial charge in [0.2, 0.25) is 0 Å². The van der Waals surface area contributed by atoms with Crippen LogP contribution < -0.4 is 24.4 Å². The maximum absolute atomic E-state index is 13.4. The van der Waals surface area contributed by atoms with Gasteiger partial charge in [0.1, 0.15) is 17.9 Å². The van der Waals surface area contributed by atoms with Crippen LogP contribution in [0.4, 0.5) is 10.5 Å². The molecule has 4 aromatic rings. The van der Waals surface area contributed by atoms with Crippen LogP contribution in [0.2, 0.25) is 0 Å². The minimum atomic E-state index is -0.817. The Hall–Kier alpha value is -4.38. The lowest BCUT2D eigenvalue weighted by Crippen LogP contribution is -2.54. The molecule has 4 amide bonds. The molecule has 41 heavy (non-hydrogen) atoms. The molecule has 0 radical (unpaired) electrons. The van der Waals surface area contributed by atoms with Crippen LogP contribution in [0.1, 0.15) is 25.0 Å². The maximum Gasteiger partial charge on any atom is 0.335 e. The smallest absolute Gasteiger partial charge is 0.335 e. The number of halogens is 1. The van der Waals surface area contributed by atoms with Crippen LogP contribution in [0.15, 0.2) is 84.4 Å². The first kappa shape index (κ1) is 28.2. The summed E-state index contributed by atoms with van der Waals surface area (Å²) in [6.07, 6.45) is 1.45. The quantitative estimate of drug-likeness (QED) is 0.125. The van der Waals surface area contributed by atoms with E-state index in [1.54, 1.807) is 36.4 Å². The van der Waals surface area contributed by atoms with E-state index in [1.807, 2.05) is 38.1 Å². The van der Waals surface area contributed by atoms with E-state index in [1.165, 1.54) is 6.08 Å². The van der Waals surface area contributed by atoms with Crippen molar-refractivity contribution in [2.24, 2.45) is 0 Å². The summed E-state index contributed by atoms with van der Waals surface area (Å²) in [6, 6.07) is 23.4. The standard InChI is InChI=1S/C32H27IN2O6/c1-3-39-24-14-12-23(13-15-24)35-31(37)26(30(36)34-32(35)38)16-20-17-27(33)29(28(18-20)40-4-2)41-19-22-10-7-9-21-8-5-6-11-25(21)22/h5-18H,3-4,19H2,1-2H3,(H,34,36,38)/b26-16+. The fourth-order valence-corrected chi connectivity index (χ4v) is 5.34. The van der Waals surface area contributed by atoms with Crippen LogP contribution in [0.5, 0.6) is 17.2 Å². The molecule has 4 aromatic carbocycles. The highest BCUT2D eigenvalue weighted by molar-refractivity contribution is 14.1. The van der Waals surface area contributed by atoms with E-state index in [0.717, 1.165) is 24.8 Å². The highest BCUT2D eigenvalue weighted by Gasteiger charge is 2.37. The number of carbonyl (C=O) groups is 3. The van der Waals surface area contributed by atoms with Crippen molar-refractivity contribution in [3.8, 4) is 17.2 Å². The molecule has 1 fully saturated rings. The minimum absolute atomic E-state index is 0.179. The van der Waals surface area contributed by atoms with E-state index in [0.29, 0.717) is 48.3 Å². The Morgan fingerprint density at radius 1 is 0.854 bits per heavy atom. The average molecular weight is 662 g/mol. The molecule has 8 nitrogen and oxygen atoms in total. The third kappa shape index (κ3) is 6.04. The Morgan fingerprint density at radius 2 is 1.59 bits per heavy atom. The zero-order valence-corrected chi connectivity index (χ0v) is 24.6. The Kier molecular flexibility index (Phi) is 8.53. The highest BCUT2D eigenvalue weighted by Crippen LogP contribution is 2.36. The first-order valence-corrected chi connectivity index (χ1v) is 14.2. The SMILES string of the molecule is CCOc1ccc(N2C(=O)NC(=O)/C(=C\c3cc(I)c(OCc4cccc5ccccc45)c(OCC)c3)C2=O)cc1. The number of anilines is 1. The summed E-state index contributed by atoms with van der Waals surface area (Å²) in [5, 5.41) is 4.49. The first-order valence-electron chi connectivity index (χ1n) is 13.1. The maximum atomic E-state index is 13.4. The molecule has 1 saturated heterocycles. The van der Waals surface area contributed by atoms with E-state index in [9.17, 15) is 14.4 Å². The van der Waals surface area contributed by atoms with Gasteiger partial charge >= 0.3 is 6.03 Å². The highest BCUT2D eigenvalue weighted by atomic mass is 127. The Bertz CT molecular complexity index is 1660. The van der Waals surface area contributed by atoms with Crippen molar-refractivity contribution >= 4 is 63.0 Å². The monoisotopic (exact) mass is 662 g/mol. The Balaban J connectivity index is 1.44. The number of barbiturate groups is 1. The second-order valence-corrected chi connectivity index (χ2v) is 10.2. The number of nitrogens with zero attached hydrogens (tertiary/aromatic N) is 1. The fourth-order valence-electron chi connectivity index (χ4n) is 4.56. The van der Waals surface area contributed by atoms with Gasteiger partial charge in [0.05, 0.1) is 22.5 Å². The van der Waals surface area contributed by atoms with Crippen LogP contribution in [0.3, 0.4) is 0 Å². The molecule has 0 aromatic heterocycles. The number of benzene rings is 4. The van der Waals surface area contributed by atoms with Gasteiger partial charge in [-0.15, -0.1) is 0 Å². The second kappa shape index (κ2) is 12.4. The average Bonchev–Trinajstić information content (AvgIpc) is 2.96. The number of rotatable bonds is 9. The molecule has 1 aliphatic heterocycles. The number of imide groups is 2. The predicted molar refractivity (Wildman–Crippen MR) is 165 cm³/mol. The van der Waals surface area contributed by atoms with E-state index >= 15 is 0 Å². The van der Waals surface area contributed by atoms with Crippen molar-refractivity contribution in [1.29, 1.82) is 0 Å². The molecule has 1 aliphatic rings. The van der Waals surface area contributed by atoms with Crippen LogP contribution in [-0.2, 0) is 16.2 Å². The van der Waals surface area contributed by atoms with Gasteiger partial charge in [0.15, 0.2) is 11.5 Å². The number of amides is 4. The third-order valence-electron chi connectivity index (χ3n) is 6.40. The molecule has 5 rings (SSSR count). The molecule has 0 aliphatic carbocycles. The number of fused-ring (bicyclic) bond motifs is 1. The summed E-state index contributed by atoms with van der Waals surface area (Å²) in [5.74, 6) is 0.148. The molecule has 9 heteroatoms. The lowest BCUT2D eigenvalue weighted by molar-refractivity contribution is -0.122. The molecule has 0 spiro atoms. The van der Waals surface area contributed by atoms with Crippen molar-refractivity contribution in [1.82, 2.24) is 5.32 Å².